The number of rotatable bonds is 10. The number of carboxylic acid groups (broad SMARTS) is 2. The Balaban J connectivity index is 0.000000765. The lowest BCUT2D eigenvalue weighted by Crippen LogP contribution is -1.91. The molecule has 0 aliphatic rings. The van der Waals surface area contributed by atoms with Gasteiger partial charge in [-0.05, 0) is 29.5 Å². The number of benzene rings is 2. The molecule has 0 spiro atoms. The molecule has 2 rings (SSSR count). The number of unbranched alkanes of at least 4 members (excludes halogenated alkanes) is 7. The Labute approximate surface area is 157 Å². The largest absolute Gasteiger partial charge is 0.503 e. The van der Waals surface area contributed by atoms with Crippen LogP contribution in [0.4, 0.5) is 4.79 Å². The van der Waals surface area contributed by atoms with Crippen LogP contribution in [0.2, 0.25) is 0 Å². The molecule has 0 aliphatic heterocycles. The second kappa shape index (κ2) is 13.9. The van der Waals surface area contributed by atoms with Gasteiger partial charge >= 0.3 is 6.16 Å². The predicted octanol–water partition coefficient (Wildman–Crippen LogP) is 7.26. The SMILES string of the molecule is CCCCCCCCCCc1ccccc1-c1ccccc1.O=C(O)O. The third-order valence-corrected chi connectivity index (χ3v) is 4.40. The minimum Gasteiger partial charge on any atom is -0.450 e. The van der Waals surface area contributed by atoms with Crippen molar-refractivity contribution in [3.63, 3.8) is 0 Å². The van der Waals surface area contributed by atoms with E-state index in [0.29, 0.717) is 0 Å². The Bertz CT molecular complexity index is 604. The van der Waals surface area contributed by atoms with Crippen molar-refractivity contribution in [3.8, 4) is 11.1 Å². The van der Waals surface area contributed by atoms with Crippen molar-refractivity contribution in [1.29, 1.82) is 0 Å². The Morgan fingerprint density at radius 2 is 1.23 bits per heavy atom. The van der Waals surface area contributed by atoms with Gasteiger partial charge in [-0.25, -0.2) is 4.79 Å². The van der Waals surface area contributed by atoms with Crippen LogP contribution >= 0.6 is 0 Å². The topological polar surface area (TPSA) is 57.5 Å². The van der Waals surface area contributed by atoms with E-state index in [0.717, 1.165) is 0 Å². The number of hydrogen-bond donors (Lipinski definition) is 2. The molecular weight excluding hydrogens is 324 g/mol. The lowest BCUT2D eigenvalue weighted by atomic mass is 9.95. The molecule has 0 fully saturated rings. The maximum absolute atomic E-state index is 8.56. The molecule has 0 bridgehead atoms. The Kier molecular flexibility index (Phi) is 11.7. The molecule has 0 saturated heterocycles. The molecule has 3 nitrogen and oxygen atoms in total. The van der Waals surface area contributed by atoms with Gasteiger partial charge in [0.05, 0.1) is 0 Å². The zero-order chi connectivity index (χ0) is 19.0. The Hall–Kier alpha value is -2.29. The second-order valence-electron chi connectivity index (χ2n) is 6.53. The van der Waals surface area contributed by atoms with Crippen LogP contribution in [-0.2, 0) is 6.42 Å². The summed E-state index contributed by atoms with van der Waals surface area (Å²) in [5, 5.41) is 13.9. The van der Waals surface area contributed by atoms with Gasteiger partial charge in [-0.3, -0.25) is 0 Å². The van der Waals surface area contributed by atoms with E-state index in [1.165, 1.54) is 74.5 Å². The summed E-state index contributed by atoms with van der Waals surface area (Å²) in [6.07, 6.45) is 10.5. The van der Waals surface area contributed by atoms with Crippen LogP contribution < -0.4 is 0 Å². The van der Waals surface area contributed by atoms with Crippen molar-refractivity contribution in [1.82, 2.24) is 0 Å². The van der Waals surface area contributed by atoms with Crippen LogP contribution in [0.25, 0.3) is 11.1 Å². The molecule has 26 heavy (non-hydrogen) atoms. The summed E-state index contributed by atoms with van der Waals surface area (Å²) in [7, 11) is 0. The normalized spacial score (nSPS) is 10.0. The maximum Gasteiger partial charge on any atom is 0.503 e. The first-order valence-electron chi connectivity index (χ1n) is 9.70. The van der Waals surface area contributed by atoms with Crippen molar-refractivity contribution in [2.45, 2.75) is 64.7 Å². The van der Waals surface area contributed by atoms with E-state index in [-0.39, 0.29) is 0 Å². The average Bonchev–Trinajstić information content (AvgIpc) is 2.64. The highest BCUT2D eigenvalue weighted by Gasteiger charge is 2.03. The molecule has 0 radical (unpaired) electrons. The minimum absolute atomic E-state index is 1.21. The van der Waals surface area contributed by atoms with Crippen molar-refractivity contribution in [3.05, 3.63) is 60.2 Å². The number of aryl methyl sites for hydroxylation is 1. The van der Waals surface area contributed by atoms with Gasteiger partial charge in [0.1, 0.15) is 0 Å². The molecule has 0 aliphatic carbocycles. The number of hydrogen-bond acceptors (Lipinski definition) is 1. The van der Waals surface area contributed by atoms with Crippen LogP contribution in [0.5, 0.6) is 0 Å². The molecule has 142 valence electrons. The summed E-state index contributed by atoms with van der Waals surface area (Å²) in [6, 6.07) is 19.7. The smallest absolute Gasteiger partial charge is 0.450 e. The van der Waals surface area contributed by atoms with Gasteiger partial charge in [-0.1, -0.05) is 106 Å². The molecule has 0 unspecified atom stereocenters. The molecule has 0 aromatic heterocycles. The molecule has 2 aromatic rings. The van der Waals surface area contributed by atoms with E-state index in [2.05, 4.69) is 61.5 Å². The van der Waals surface area contributed by atoms with Crippen molar-refractivity contribution in [2.24, 2.45) is 0 Å². The van der Waals surface area contributed by atoms with Crippen LogP contribution in [-0.4, -0.2) is 16.4 Å². The van der Waals surface area contributed by atoms with Crippen LogP contribution in [0.3, 0.4) is 0 Å². The zero-order valence-electron chi connectivity index (χ0n) is 15.9. The van der Waals surface area contributed by atoms with E-state index in [4.69, 9.17) is 15.0 Å². The van der Waals surface area contributed by atoms with E-state index in [1.54, 1.807) is 0 Å². The molecule has 0 saturated carbocycles. The monoisotopic (exact) mass is 356 g/mol. The first-order valence-corrected chi connectivity index (χ1v) is 9.70. The lowest BCUT2D eigenvalue weighted by molar-refractivity contribution is 0.137. The summed E-state index contributed by atoms with van der Waals surface area (Å²) in [5.74, 6) is 0. The maximum atomic E-state index is 8.56. The Morgan fingerprint density at radius 1 is 0.731 bits per heavy atom. The molecule has 2 N–H and O–H groups in total. The molecule has 0 heterocycles. The van der Waals surface area contributed by atoms with E-state index in [1.807, 2.05) is 0 Å². The molecule has 3 heteroatoms. The van der Waals surface area contributed by atoms with Crippen LogP contribution in [0.1, 0.15) is 63.9 Å². The third kappa shape index (κ3) is 9.87. The quantitative estimate of drug-likeness (QED) is 0.440. The molecule has 0 atom stereocenters. The number of carbonyl (C=O) groups is 1. The van der Waals surface area contributed by atoms with Crippen LogP contribution in [0, 0.1) is 0 Å². The first kappa shape index (κ1) is 21.8. The minimum atomic E-state index is -1.83. The van der Waals surface area contributed by atoms with Crippen molar-refractivity contribution < 1.29 is 15.0 Å². The summed E-state index contributed by atoms with van der Waals surface area (Å²) in [4.78, 5) is 8.56. The summed E-state index contributed by atoms with van der Waals surface area (Å²) < 4.78 is 0. The fourth-order valence-corrected chi connectivity index (χ4v) is 3.09. The van der Waals surface area contributed by atoms with Crippen molar-refractivity contribution in [2.75, 3.05) is 0 Å². The fourth-order valence-electron chi connectivity index (χ4n) is 3.09. The van der Waals surface area contributed by atoms with Crippen molar-refractivity contribution >= 4 is 6.16 Å². The van der Waals surface area contributed by atoms with Gasteiger partial charge in [0.2, 0.25) is 0 Å². The van der Waals surface area contributed by atoms with E-state index in [9.17, 15) is 0 Å². The van der Waals surface area contributed by atoms with Crippen LogP contribution in [0.15, 0.2) is 54.6 Å². The van der Waals surface area contributed by atoms with E-state index >= 15 is 0 Å². The van der Waals surface area contributed by atoms with E-state index < -0.39 is 6.16 Å². The van der Waals surface area contributed by atoms with Gasteiger partial charge < -0.3 is 10.2 Å². The standard InChI is InChI=1S/C22H30.CH2O3/c1-2-3-4-5-6-7-8-10-15-21-18-13-14-19-22(21)20-16-11-9-12-17-20;2-1(3)4/h9,11-14,16-19H,2-8,10,15H2,1H3;(H2,2,3,4). The average molecular weight is 357 g/mol. The molecule has 0 amide bonds. The highest BCUT2D eigenvalue weighted by Crippen LogP contribution is 2.25. The Morgan fingerprint density at radius 3 is 1.85 bits per heavy atom. The highest BCUT2D eigenvalue weighted by atomic mass is 16.6. The summed E-state index contributed by atoms with van der Waals surface area (Å²) in [5.41, 5.74) is 4.25. The highest BCUT2D eigenvalue weighted by molar-refractivity contribution is 5.67. The van der Waals surface area contributed by atoms with Gasteiger partial charge in [-0.15, -0.1) is 0 Å². The fraction of sp³-hybridized carbons (Fsp3) is 0.435. The molecular formula is C23H32O3. The lowest BCUT2D eigenvalue weighted by Gasteiger charge is -2.09. The second-order valence-corrected chi connectivity index (χ2v) is 6.53. The summed E-state index contributed by atoms with van der Waals surface area (Å²) >= 11 is 0. The summed E-state index contributed by atoms with van der Waals surface area (Å²) in [6.45, 7) is 2.28. The van der Waals surface area contributed by atoms with Gasteiger partial charge in [0, 0.05) is 0 Å². The molecule has 2 aromatic carbocycles. The predicted molar refractivity (Wildman–Crippen MR) is 109 cm³/mol. The van der Waals surface area contributed by atoms with Gasteiger partial charge in [0.15, 0.2) is 0 Å². The van der Waals surface area contributed by atoms with Gasteiger partial charge in [-0.2, -0.15) is 0 Å². The zero-order valence-corrected chi connectivity index (χ0v) is 15.9. The third-order valence-electron chi connectivity index (χ3n) is 4.40. The van der Waals surface area contributed by atoms with Gasteiger partial charge in [0.25, 0.3) is 0 Å². The first-order chi connectivity index (χ1) is 12.6.